The molecular formula is C25H27FN4O6S2. The van der Waals surface area contributed by atoms with Gasteiger partial charge in [0, 0.05) is 17.0 Å². The van der Waals surface area contributed by atoms with Crippen molar-refractivity contribution < 1.29 is 31.6 Å². The Balaban J connectivity index is 1.36. The molecule has 2 aliphatic rings. The van der Waals surface area contributed by atoms with Crippen LogP contribution in [0.1, 0.15) is 49.3 Å². The van der Waals surface area contributed by atoms with Gasteiger partial charge in [-0.2, -0.15) is 8.42 Å². The van der Waals surface area contributed by atoms with Crippen LogP contribution in [0.5, 0.6) is 0 Å². The van der Waals surface area contributed by atoms with Gasteiger partial charge in [-0.1, -0.05) is 24.3 Å². The number of aliphatic hydroxyl groups excluding tert-OH is 1. The highest BCUT2D eigenvalue weighted by Gasteiger charge is 2.44. The number of ketones is 1. The van der Waals surface area contributed by atoms with E-state index in [1.807, 2.05) is 31.2 Å². The third kappa shape index (κ3) is 5.48. The smallest absolute Gasteiger partial charge is 0.333 e. The van der Waals surface area contributed by atoms with Crippen LogP contribution in [0.4, 0.5) is 10.2 Å². The van der Waals surface area contributed by atoms with Crippen molar-refractivity contribution in [3.8, 4) is 0 Å². The number of nitrogens with two attached hydrogens (primary N) is 1. The third-order valence-corrected chi connectivity index (χ3v) is 8.46. The number of ether oxygens (including phenoxy) is 1. The maximum Gasteiger partial charge on any atom is 0.333 e. The number of fused-ring (bicyclic) bond motifs is 1. The van der Waals surface area contributed by atoms with Gasteiger partial charge in [0.2, 0.25) is 5.78 Å². The first-order chi connectivity index (χ1) is 18.1. The highest BCUT2D eigenvalue weighted by molar-refractivity contribution is 7.84. The highest BCUT2D eigenvalue weighted by atomic mass is 32.2. The van der Waals surface area contributed by atoms with Crippen molar-refractivity contribution >= 4 is 33.2 Å². The molecule has 5 atom stereocenters. The summed E-state index contributed by atoms with van der Waals surface area (Å²) in [5.41, 5.74) is 3.37. The summed E-state index contributed by atoms with van der Waals surface area (Å²) in [6, 6.07) is 8.98. The van der Waals surface area contributed by atoms with E-state index in [9.17, 15) is 22.7 Å². The molecule has 0 radical (unpaired) electrons. The Labute approximate surface area is 223 Å². The van der Waals surface area contributed by atoms with Gasteiger partial charge in [0.25, 0.3) is 0 Å². The van der Waals surface area contributed by atoms with Crippen LogP contribution in [0.3, 0.4) is 0 Å². The maximum absolute atomic E-state index is 14.9. The molecule has 1 aliphatic heterocycles. The Morgan fingerprint density at radius 2 is 2.13 bits per heavy atom. The predicted octanol–water partition coefficient (Wildman–Crippen LogP) is 2.46. The van der Waals surface area contributed by atoms with E-state index in [1.54, 1.807) is 0 Å². The summed E-state index contributed by atoms with van der Waals surface area (Å²) in [4.78, 5) is 23.1. The summed E-state index contributed by atoms with van der Waals surface area (Å²) < 4.78 is 47.7. The summed E-state index contributed by atoms with van der Waals surface area (Å²) >= 11 is 1.34. The fraction of sp³-hybridized carbons (Fsp3) is 0.400. The molecule has 0 amide bonds. The average molecular weight is 563 g/mol. The first-order valence-corrected chi connectivity index (χ1v) is 14.3. The number of anilines is 1. The van der Waals surface area contributed by atoms with Crippen LogP contribution >= 0.6 is 11.3 Å². The summed E-state index contributed by atoms with van der Waals surface area (Å²) in [5, 5.41) is 18.0. The molecule has 0 spiro atoms. The lowest BCUT2D eigenvalue weighted by molar-refractivity contribution is 0.0501. The van der Waals surface area contributed by atoms with Crippen molar-refractivity contribution in [2.45, 2.75) is 44.2 Å². The van der Waals surface area contributed by atoms with Crippen LogP contribution in [0, 0.1) is 12.8 Å². The van der Waals surface area contributed by atoms with Gasteiger partial charge >= 0.3 is 10.3 Å². The van der Waals surface area contributed by atoms with Gasteiger partial charge in [-0.15, -0.1) is 11.3 Å². The molecule has 13 heteroatoms. The number of aliphatic hydroxyl groups is 1. The fourth-order valence-electron chi connectivity index (χ4n) is 5.02. The minimum Gasteiger partial charge on any atom is -0.390 e. The summed E-state index contributed by atoms with van der Waals surface area (Å²) in [6.07, 6.45) is -0.0337. The van der Waals surface area contributed by atoms with E-state index in [-0.39, 0.29) is 29.7 Å². The molecule has 1 aromatic carbocycles. The van der Waals surface area contributed by atoms with E-state index >= 15 is 0 Å². The van der Waals surface area contributed by atoms with Gasteiger partial charge in [0.15, 0.2) is 0 Å². The zero-order valence-electron chi connectivity index (χ0n) is 20.4. The Bertz CT molecular complexity index is 1450. The number of hydrogen-bond donors (Lipinski definition) is 3. The minimum absolute atomic E-state index is 0.0379. The molecule has 1 fully saturated rings. The number of benzene rings is 1. The normalized spacial score (nSPS) is 25.2. The van der Waals surface area contributed by atoms with E-state index < -0.39 is 41.1 Å². The second kappa shape index (κ2) is 10.8. The van der Waals surface area contributed by atoms with Crippen molar-refractivity contribution in [1.29, 1.82) is 0 Å². The maximum atomic E-state index is 14.9. The molecule has 4 N–H and O–H groups in total. The summed E-state index contributed by atoms with van der Waals surface area (Å²) in [7, 11) is -4.23. The standard InChI is InChI=1S/C25H27FN4O6S2/c1-13-17(24-16-5-3-2-4-14(16)6-7-35-24)9-20(37-13)23(32)18-10-28-12-29-25(18)30-19-8-15(22(31)21(19)26)11-36-38(27,33)34/h2-5,9-10,12,15,19,21-22,24,31H,6-8,11H2,1H3,(H2,27,33,34)(H,28,29,30)/t15-,19-,21-,22-,24?/m1/s1. The Hall–Kier alpha value is -2.81. The van der Waals surface area contributed by atoms with Gasteiger partial charge in [-0.25, -0.2) is 19.5 Å². The van der Waals surface area contributed by atoms with E-state index in [1.165, 1.54) is 29.4 Å². The number of hydrogen-bond acceptors (Lipinski definition) is 10. The number of carbonyl (C=O) groups excluding carboxylic acids is 1. The molecule has 202 valence electrons. The van der Waals surface area contributed by atoms with Gasteiger partial charge < -0.3 is 15.2 Å². The van der Waals surface area contributed by atoms with Crippen LogP contribution in [0.15, 0.2) is 42.9 Å². The molecule has 0 saturated heterocycles. The number of aromatic nitrogens is 2. The Morgan fingerprint density at radius 3 is 2.92 bits per heavy atom. The van der Waals surface area contributed by atoms with Crippen LogP contribution in [0.25, 0.3) is 0 Å². The third-order valence-electron chi connectivity index (χ3n) is 6.93. The van der Waals surface area contributed by atoms with E-state index in [0.717, 1.165) is 22.4 Å². The largest absolute Gasteiger partial charge is 0.390 e. The molecule has 1 aliphatic carbocycles. The second-order valence-corrected chi connectivity index (χ2v) is 11.9. The second-order valence-electron chi connectivity index (χ2n) is 9.39. The predicted molar refractivity (Wildman–Crippen MR) is 138 cm³/mol. The number of nitrogens with zero attached hydrogens (tertiary/aromatic N) is 2. The van der Waals surface area contributed by atoms with Gasteiger partial charge in [0.05, 0.1) is 35.8 Å². The lowest BCUT2D eigenvalue weighted by Crippen LogP contribution is -2.33. The molecule has 38 heavy (non-hydrogen) atoms. The van der Waals surface area contributed by atoms with Gasteiger partial charge in [-0.05, 0) is 42.5 Å². The zero-order chi connectivity index (χ0) is 27.0. The van der Waals surface area contributed by atoms with Gasteiger partial charge in [0.1, 0.15) is 24.4 Å². The molecular weight excluding hydrogens is 535 g/mol. The quantitative estimate of drug-likeness (QED) is 0.351. The Morgan fingerprint density at radius 1 is 1.34 bits per heavy atom. The molecule has 3 aromatic rings. The monoisotopic (exact) mass is 562 g/mol. The summed E-state index contributed by atoms with van der Waals surface area (Å²) in [5.74, 6) is -1.04. The first kappa shape index (κ1) is 26.8. The first-order valence-electron chi connectivity index (χ1n) is 12.0. The number of aryl methyl sites for hydroxylation is 1. The van der Waals surface area contributed by atoms with Gasteiger partial charge in [-0.3, -0.25) is 8.98 Å². The lowest BCUT2D eigenvalue weighted by atomic mass is 9.93. The number of nitrogens with one attached hydrogen (secondary N) is 1. The SMILES string of the molecule is Cc1sc(C(=O)c2cncnc2N[C@@H]2C[C@H](COS(N)(=O)=O)[C@@H](O)[C@@H]2F)cc1C1OCCc2ccccc21. The van der Waals surface area contributed by atoms with Crippen molar-refractivity contribution in [1.82, 2.24) is 9.97 Å². The number of halogens is 1. The van der Waals surface area contributed by atoms with Crippen LogP contribution < -0.4 is 10.5 Å². The van der Waals surface area contributed by atoms with Crippen molar-refractivity contribution in [3.63, 3.8) is 0 Å². The van der Waals surface area contributed by atoms with Crippen LogP contribution in [-0.4, -0.2) is 60.8 Å². The van der Waals surface area contributed by atoms with Crippen LogP contribution in [-0.2, 0) is 25.6 Å². The topological polar surface area (TPSA) is 154 Å². The van der Waals surface area contributed by atoms with Crippen molar-refractivity contribution in [3.05, 3.63) is 74.9 Å². The fourth-order valence-corrected chi connectivity index (χ4v) is 6.39. The average Bonchev–Trinajstić information content (AvgIpc) is 3.41. The number of thiophene rings is 1. The van der Waals surface area contributed by atoms with E-state index in [0.29, 0.717) is 11.5 Å². The molecule has 5 rings (SSSR count). The molecule has 10 nitrogen and oxygen atoms in total. The zero-order valence-corrected chi connectivity index (χ0v) is 22.0. The Kier molecular flexibility index (Phi) is 7.58. The van der Waals surface area contributed by atoms with Crippen molar-refractivity contribution in [2.75, 3.05) is 18.5 Å². The number of alkyl halides is 1. The lowest BCUT2D eigenvalue weighted by Gasteiger charge is -2.26. The number of rotatable bonds is 8. The minimum atomic E-state index is -4.23. The van der Waals surface area contributed by atoms with Crippen LogP contribution in [0.2, 0.25) is 0 Å². The molecule has 0 bridgehead atoms. The molecule has 3 heterocycles. The molecule has 1 unspecified atom stereocenters. The molecule has 2 aromatic heterocycles. The summed E-state index contributed by atoms with van der Waals surface area (Å²) in [6.45, 7) is 2.06. The van der Waals surface area contributed by atoms with E-state index in [4.69, 9.17) is 9.88 Å². The number of carbonyl (C=O) groups is 1. The highest BCUT2D eigenvalue weighted by Crippen LogP contribution is 2.38. The molecule has 1 saturated carbocycles. The van der Waals surface area contributed by atoms with Crippen molar-refractivity contribution in [2.24, 2.45) is 11.1 Å². The van der Waals surface area contributed by atoms with E-state index in [2.05, 4.69) is 25.5 Å².